The van der Waals surface area contributed by atoms with E-state index >= 15 is 0 Å². The number of fused-ring (bicyclic) bond motifs is 1. The summed E-state index contributed by atoms with van der Waals surface area (Å²) in [4.78, 5) is 42.5. The molecule has 0 aromatic carbocycles. The summed E-state index contributed by atoms with van der Waals surface area (Å²) in [6.07, 6.45) is 4.89. The highest BCUT2D eigenvalue weighted by atomic mass is 16.2. The summed E-state index contributed by atoms with van der Waals surface area (Å²) in [5, 5.41) is 0. The number of carbonyl (C=O) groups is 3. The Balaban J connectivity index is 1.60. The molecule has 23 heavy (non-hydrogen) atoms. The lowest BCUT2D eigenvalue weighted by Crippen LogP contribution is -2.50. The zero-order chi connectivity index (χ0) is 16.6. The highest BCUT2D eigenvalue weighted by Crippen LogP contribution is 2.31. The minimum atomic E-state index is -0.216. The Morgan fingerprint density at radius 3 is 2.30 bits per heavy atom. The first-order valence-electron chi connectivity index (χ1n) is 9.00. The fourth-order valence-electron chi connectivity index (χ4n) is 4.22. The Morgan fingerprint density at radius 2 is 1.74 bits per heavy atom. The van der Waals surface area contributed by atoms with E-state index < -0.39 is 0 Å². The van der Waals surface area contributed by atoms with E-state index in [0.29, 0.717) is 32.5 Å². The molecular formula is C17H27N3O3. The van der Waals surface area contributed by atoms with Crippen LogP contribution in [0.25, 0.3) is 0 Å². The molecule has 1 atom stereocenters. The average molecular weight is 321 g/mol. The smallest absolute Gasteiger partial charge is 0.327 e. The summed E-state index contributed by atoms with van der Waals surface area (Å²) in [5.41, 5.74) is 0. The Morgan fingerprint density at radius 1 is 1.09 bits per heavy atom. The summed E-state index contributed by atoms with van der Waals surface area (Å²) >= 11 is 0. The van der Waals surface area contributed by atoms with Crippen LogP contribution in [0.3, 0.4) is 0 Å². The number of rotatable bonds is 4. The van der Waals surface area contributed by atoms with Crippen LogP contribution in [0.15, 0.2) is 0 Å². The standard InChI is InChI=1S/C17H27N3O3/c1-3-12(4-2)15(21)18-10-7-13(8-11-18)20-16(22)14-6-5-9-19(14)17(20)23/h12-14H,3-11H2,1-2H3/t14-/m0/s1. The van der Waals surface area contributed by atoms with E-state index in [1.165, 1.54) is 4.90 Å². The minimum Gasteiger partial charge on any atom is -0.342 e. The Hall–Kier alpha value is -1.59. The van der Waals surface area contributed by atoms with Crippen molar-refractivity contribution in [3.05, 3.63) is 0 Å². The highest BCUT2D eigenvalue weighted by molar-refractivity contribution is 6.04. The molecule has 3 fully saturated rings. The molecule has 6 heteroatoms. The van der Waals surface area contributed by atoms with Gasteiger partial charge in [0.25, 0.3) is 5.91 Å². The fourth-order valence-corrected chi connectivity index (χ4v) is 4.22. The Kier molecular flexibility index (Phi) is 4.60. The Bertz CT molecular complexity index is 473. The van der Waals surface area contributed by atoms with Gasteiger partial charge >= 0.3 is 6.03 Å². The van der Waals surface area contributed by atoms with E-state index in [2.05, 4.69) is 0 Å². The molecule has 0 unspecified atom stereocenters. The van der Waals surface area contributed by atoms with Gasteiger partial charge in [0.05, 0.1) is 0 Å². The maximum Gasteiger partial charge on any atom is 0.327 e. The topological polar surface area (TPSA) is 60.9 Å². The predicted molar refractivity (Wildman–Crippen MR) is 85.6 cm³/mol. The highest BCUT2D eigenvalue weighted by Gasteiger charge is 2.50. The molecule has 0 saturated carbocycles. The monoisotopic (exact) mass is 321 g/mol. The number of urea groups is 1. The van der Waals surface area contributed by atoms with Crippen LogP contribution in [-0.4, -0.2) is 64.3 Å². The van der Waals surface area contributed by atoms with Gasteiger partial charge in [-0.2, -0.15) is 0 Å². The van der Waals surface area contributed by atoms with Crippen LogP contribution in [-0.2, 0) is 9.59 Å². The first-order valence-corrected chi connectivity index (χ1v) is 9.00. The van der Waals surface area contributed by atoms with Crippen molar-refractivity contribution in [1.29, 1.82) is 0 Å². The van der Waals surface area contributed by atoms with Crippen molar-refractivity contribution < 1.29 is 14.4 Å². The number of carbonyl (C=O) groups excluding carboxylic acids is 3. The third kappa shape index (κ3) is 2.72. The number of nitrogens with zero attached hydrogens (tertiary/aromatic N) is 3. The Labute approximate surface area is 137 Å². The van der Waals surface area contributed by atoms with Crippen molar-refractivity contribution in [2.24, 2.45) is 5.92 Å². The molecule has 0 aliphatic carbocycles. The quantitative estimate of drug-likeness (QED) is 0.742. The van der Waals surface area contributed by atoms with Crippen molar-refractivity contribution in [2.75, 3.05) is 19.6 Å². The fraction of sp³-hybridized carbons (Fsp3) is 0.824. The van der Waals surface area contributed by atoms with Gasteiger partial charge in [0.15, 0.2) is 0 Å². The molecule has 3 rings (SSSR count). The molecule has 4 amide bonds. The lowest BCUT2D eigenvalue weighted by molar-refractivity contribution is -0.137. The molecule has 0 radical (unpaired) electrons. The van der Waals surface area contributed by atoms with Gasteiger partial charge in [0, 0.05) is 31.6 Å². The summed E-state index contributed by atoms with van der Waals surface area (Å²) < 4.78 is 0. The van der Waals surface area contributed by atoms with E-state index in [1.807, 2.05) is 18.7 Å². The predicted octanol–water partition coefficient (Wildman–Crippen LogP) is 1.84. The van der Waals surface area contributed by atoms with Gasteiger partial charge in [-0.3, -0.25) is 14.5 Å². The van der Waals surface area contributed by atoms with Crippen LogP contribution in [0.4, 0.5) is 4.79 Å². The second kappa shape index (κ2) is 6.49. The van der Waals surface area contributed by atoms with Crippen molar-refractivity contribution in [2.45, 2.75) is 64.5 Å². The van der Waals surface area contributed by atoms with Crippen LogP contribution >= 0.6 is 0 Å². The molecule has 128 valence electrons. The summed E-state index contributed by atoms with van der Waals surface area (Å²) in [6.45, 7) is 6.11. The molecule has 0 N–H and O–H groups in total. The molecular weight excluding hydrogens is 294 g/mol. The van der Waals surface area contributed by atoms with Gasteiger partial charge in [-0.1, -0.05) is 13.8 Å². The number of amides is 4. The summed E-state index contributed by atoms with van der Waals surface area (Å²) in [7, 11) is 0. The van der Waals surface area contributed by atoms with Crippen molar-refractivity contribution in [3.8, 4) is 0 Å². The molecule has 3 aliphatic heterocycles. The molecule has 0 aromatic heterocycles. The second-order valence-corrected chi connectivity index (χ2v) is 6.91. The first kappa shape index (κ1) is 16.3. The van der Waals surface area contributed by atoms with Gasteiger partial charge in [-0.05, 0) is 38.5 Å². The number of likely N-dealkylation sites (tertiary alicyclic amines) is 1. The molecule has 3 aliphatic rings. The van der Waals surface area contributed by atoms with E-state index in [9.17, 15) is 14.4 Å². The number of piperidine rings is 1. The molecule has 0 bridgehead atoms. The zero-order valence-electron chi connectivity index (χ0n) is 14.2. The largest absolute Gasteiger partial charge is 0.342 e. The maximum absolute atomic E-state index is 12.5. The van der Waals surface area contributed by atoms with Gasteiger partial charge in [0.1, 0.15) is 6.04 Å². The third-order valence-corrected chi connectivity index (χ3v) is 5.70. The molecule has 3 heterocycles. The van der Waals surface area contributed by atoms with Gasteiger partial charge in [-0.15, -0.1) is 0 Å². The normalized spacial score (nSPS) is 25.7. The number of hydrogen-bond donors (Lipinski definition) is 0. The van der Waals surface area contributed by atoms with Gasteiger partial charge in [-0.25, -0.2) is 4.79 Å². The first-order chi connectivity index (χ1) is 11.1. The summed E-state index contributed by atoms with van der Waals surface area (Å²) in [5.74, 6) is 0.317. The van der Waals surface area contributed by atoms with E-state index in [1.54, 1.807) is 4.90 Å². The third-order valence-electron chi connectivity index (χ3n) is 5.70. The van der Waals surface area contributed by atoms with Crippen LogP contribution in [0.2, 0.25) is 0 Å². The molecule has 6 nitrogen and oxygen atoms in total. The van der Waals surface area contributed by atoms with Crippen LogP contribution < -0.4 is 0 Å². The summed E-state index contributed by atoms with van der Waals surface area (Å²) in [6, 6.07) is -0.361. The molecule has 0 spiro atoms. The molecule has 3 saturated heterocycles. The van der Waals surface area contributed by atoms with E-state index in [-0.39, 0.29) is 35.8 Å². The van der Waals surface area contributed by atoms with E-state index in [0.717, 1.165) is 25.7 Å². The number of imide groups is 1. The van der Waals surface area contributed by atoms with Crippen molar-refractivity contribution in [3.63, 3.8) is 0 Å². The molecule has 0 aromatic rings. The lowest BCUT2D eigenvalue weighted by Gasteiger charge is -2.37. The minimum absolute atomic E-state index is 0.0164. The van der Waals surface area contributed by atoms with E-state index in [4.69, 9.17) is 0 Å². The van der Waals surface area contributed by atoms with Crippen molar-refractivity contribution in [1.82, 2.24) is 14.7 Å². The zero-order valence-corrected chi connectivity index (χ0v) is 14.2. The van der Waals surface area contributed by atoms with Crippen LogP contribution in [0.5, 0.6) is 0 Å². The maximum atomic E-state index is 12.5. The van der Waals surface area contributed by atoms with Crippen LogP contribution in [0.1, 0.15) is 52.4 Å². The van der Waals surface area contributed by atoms with Crippen LogP contribution in [0, 0.1) is 5.92 Å². The van der Waals surface area contributed by atoms with Crippen molar-refractivity contribution >= 4 is 17.8 Å². The van der Waals surface area contributed by atoms with Gasteiger partial charge < -0.3 is 9.80 Å². The van der Waals surface area contributed by atoms with Gasteiger partial charge in [0.2, 0.25) is 5.91 Å². The second-order valence-electron chi connectivity index (χ2n) is 6.91. The average Bonchev–Trinajstić information content (AvgIpc) is 3.13. The number of hydrogen-bond acceptors (Lipinski definition) is 3. The SMILES string of the molecule is CCC(CC)C(=O)N1CCC(N2C(=O)[C@@H]3CCCN3C2=O)CC1. The lowest BCUT2D eigenvalue weighted by atomic mass is 9.98.